The first kappa shape index (κ1) is 16.9. The summed E-state index contributed by atoms with van der Waals surface area (Å²) in [6.07, 6.45) is 7.49. The first-order valence-corrected chi connectivity index (χ1v) is 9.60. The van der Waals surface area contributed by atoms with Gasteiger partial charge in [0.2, 0.25) is 0 Å². The molecule has 142 valence electrons. The molecule has 28 heavy (non-hydrogen) atoms. The van der Waals surface area contributed by atoms with Crippen LogP contribution in [0.2, 0.25) is 0 Å². The van der Waals surface area contributed by atoms with Crippen molar-refractivity contribution in [3.63, 3.8) is 0 Å². The third-order valence-electron chi connectivity index (χ3n) is 5.32. The van der Waals surface area contributed by atoms with Crippen molar-refractivity contribution in [2.75, 3.05) is 5.32 Å². The molecule has 6 nitrogen and oxygen atoms in total. The summed E-state index contributed by atoms with van der Waals surface area (Å²) >= 11 is 0. The molecule has 1 saturated carbocycles. The molecular weight excluding hydrogens is 354 g/mol. The van der Waals surface area contributed by atoms with Crippen molar-refractivity contribution in [2.45, 2.75) is 37.5 Å². The number of carbonyl (C=O) groups is 1. The van der Waals surface area contributed by atoms with E-state index >= 15 is 0 Å². The number of nitrogens with one attached hydrogen (secondary N) is 1. The van der Waals surface area contributed by atoms with E-state index in [4.69, 9.17) is 9.47 Å². The average Bonchev–Trinajstić information content (AvgIpc) is 3.44. The number of ether oxygens (including phenoxy) is 2. The van der Waals surface area contributed by atoms with Crippen LogP contribution >= 0.6 is 0 Å². The van der Waals surface area contributed by atoms with Crippen LogP contribution in [0.3, 0.4) is 0 Å². The van der Waals surface area contributed by atoms with E-state index in [1.807, 2.05) is 54.6 Å². The molecule has 1 atom stereocenters. The number of aromatic nitrogens is 2. The van der Waals surface area contributed by atoms with Gasteiger partial charge in [0.25, 0.3) is 11.7 Å². The number of hydrogen-bond acceptors (Lipinski definition) is 4. The van der Waals surface area contributed by atoms with Crippen LogP contribution in [0.5, 0.6) is 11.5 Å². The molecule has 1 N–H and O–H groups in total. The molecule has 1 aromatic heterocycles. The van der Waals surface area contributed by atoms with E-state index in [0.717, 1.165) is 37.0 Å². The van der Waals surface area contributed by atoms with Gasteiger partial charge in [-0.05, 0) is 36.6 Å². The number of carbonyl (C=O) groups excluding carboxylic acids is 1. The number of benzene rings is 2. The topological polar surface area (TPSA) is 65.4 Å². The van der Waals surface area contributed by atoms with Crippen LogP contribution in [0.15, 0.2) is 67.0 Å². The number of amides is 1. The van der Waals surface area contributed by atoms with Gasteiger partial charge < -0.3 is 14.8 Å². The Morgan fingerprint density at radius 2 is 1.82 bits per heavy atom. The Labute approximate surface area is 163 Å². The summed E-state index contributed by atoms with van der Waals surface area (Å²) in [5, 5.41) is 7.27. The van der Waals surface area contributed by atoms with Gasteiger partial charge in [-0.15, -0.1) is 0 Å². The van der Waals surface area contributed by atoms with Gasteiger partial charge in [-0.2, -0.15) is 5.10 Å². The van der Waals surface area contributed by atoms with E-state index in [1.54, 1.807) is 17.1 Å². The zero-order chi connectivity index (χ0) is 19.0. The van der Waals surface area contributed by atoms with E-state index in [9.17, 15) is 4.79 Å². The van der Waals surface area contributed by atoms with Crippen LogP contribution in [0, 0.1) is 0 Å². The predicted octanol–water partition coefficient (Wildman–Crippen LogP) is 4.15. The van der Waals surface area contributed by atoms with E-state index in [1.165, 1.54) is 0 Å². The Morgan fingerprint density at radius 1 is 1.04 bits per heavy atom. The Bertz CT molecular complexity index is 980. The normalized spacial score (nSPS) is 17.6. The molecule has 3 aromatic rings. The van der Waals surface area contributed by atoms with Gasteiger partial charge >= 0.3 is 0 Å². The van der Waals surface area contributed by atoms with Crippen LogP contribution in [-0.4, -0.2) is 21.5 Å². The number of anilines is 1. The van der Waals surface area contributed by atoms with E-state index in [0.29, 0.717) is 11.4 Å². The first-order valence-electron chi connectivity index (χ1n) is 9.60. The monoisotopic (exact) mass is 375 g/mol. The molecule has 6 heteroatoms. The summed E-state index contributed by atoms with van der Waals surface area (Å²) in [6, 6.07) is 16.4. The highest BCUT2D eigenvalue weighted by molar-refractivity contribution is 5.96. The Balaban J connectivity index is 1.39. The van der Waals surface area contributed by atoms with Gasteiger partial charge in [-0.3, -0.25) is 9.48 Å². The van der Waals surface area contributed by atoms with Gasteiger partial charge in [-0.25, -0.2) is 0 Å². The van der Waals surface area contributed by atoms with Gasteiger partial charge in [0, 0.05) is 37.0 Å². The second kappa shape index (κ2) is 6.71. The summed E-state index contributed by atoms with van der Waals surface area (Å²) in [7, 11) is 0. The van der Waals surface area contributed by atoms with Crippen molar-refractivity contribution in [1.82, 2.24) is 9.78 Å². The van der Waals surface area contributed by atoms with Crippen molar-refractivity contribution in [2.24, 2.45) is 0 Å². The molecule has 2 aromatic carbocycles. The van der Waals surface area contributed by atoms with E-state index < -0.39 is 11.8 Å². The minimum atomic E-state index is -0.553. The summed E-state index contributed by atoms with van der Waals surface area (Å²) < 4.78 is 13.8. The number of hydrogen-bond donors (Lipinski definition) is 1. The zero-order valence-electron chi connectivity index (χ0n) is 15.4. The molecule has 0 radical (unpaired) electrons. The lowest BCUT2D eigenvalue weighted by Crippen LogP contribution is -2.34. The van der Waals surface area contributed by atoms with Crippen LogP contribution in [0.1, 0.15) is 37.3 Å². The second-order valence-corrected chi connectivity index (χ2v) is 7.27. The third kappa shape index (κ3) is 3.01. The third-order valence-corrected chi connectivity index (χ3v) is 5.32. The lowest BCUT2D eigenvalue weighted by atomic mass is 10.1. The highest BCUT2D eigenvalue weighted by atomic mass is 16.7. The van der Waals surface area contributed by atoms with Crippen molar-refractivity contribution in [3.05, 3.63) is 72.6 Å². The highest BCUT2D eigenvalue weighted by Crippen LogP contribution is 2.47. The molecule has 0 bridgehead atoms. The maximum Gasteiger partial charge on any atom is 0.253 e. The Kier molecular flexibility index (Phi) is 4.04. The number of fused-ring (bicyclic) bond motifs is 1. The Hall–Kier alpha value is -3.28. The predicted molar refractivity (Wildman–Crippen MR) is 104 cm³/mol. The highest BCUT2D eigenvalue weighted by Gasteiger charge is 2.44. The molecule has 1 fully saturated rings. The molecule has 0 saturated heterocycles. The van der Waals surface area contributed by atoms with Crippen LogP contribution in [-0.2, 0) is 4.79 Å². The van der Waals surface area contributed by atoms with Gasteiger partial charge in [0.15, 0.2) is 17.5 Å². The second-order valence-electron chi connectivity index (χ2n) is 7.27. The smallest absolute Gasteiger partial charge is 0.253 e. The minimum absolute atomic E-state index is 0.163. The summed E-state index contributed by atoms with van der Waals surface area (Å²) in [5.41, 5.74) is 1.55. The van der Waals surface area contributed by atoms with Crippen molar-refractivity contribution >= 4 is 11.6 Å². The largest absolute Gasteiger partial charge is 0.448 e. The fraction of sp³-hybridized carbons (Fsp3) is 0.273. The fourth-order valence-corrected chi connectivity index (χ4v) is 3.99. The maximum absolute atomic E-state index is 13.1. The SMILES string of the molecule is O=C(Nc1ccc2c(c1)OC1(CCCC1)O2)[C@@H](c1ccccc1)n1cccn1. The molecule has 1 spiro atoms. The molecule has 1 aliphatic heterocycles. The van der Waals surface area contributed by atoms with E-state index in [-0.39, 0.29) is 5.91 Å². The van der Waals surface area contributed by atoms with Crippen LogP contribution in [0.4, 0.5) is 5.69 Å². The van der Waals surface area contributed by atoms with Crippen molar-refractivity contribution in [1.29, 1.82) is 0 Å². The molecule has 1 amide bonds. The molecule has 1 aliphatic carbocycles. The number of nitrogens with zero attached hydrogens (tertiary/aromatic N) is 2. The molecule has 0 unspecified atom stereocenters. The lowest BCUT2D eigenvalue weighted by molar-refractivity contribution is -0.118. The molecular formula is C22H21N3O3. The first-order chi connectivity index (χ1) is 13.7. The molecule has 5 rings (SSSR count). The van der Waals surface area contributed by atoms with E-state index in [2.05, 4.69) is 10.4 Å². The molecule has 2 aliphatic rings. The van der Waals surface area contributed by atoms with Gasteiger partial charge in [-0.1, -0.05) is 30.3 Å². The quantitative estimate of drug-likeness (QED) is 0.744. The summed E-state index contributed by atoms with van der Waals surface area (Å²) in [4.78, 5) is 13.1. The molecule has 2 heterocycles. The summed E-state index contributed by atoms with van der Waals surface area (Å²) in [6.45, 7) is 0. The lowest BCUT2D eigenvalue weighted by Gasteiger charge is -2.21. The number of rotatable bonds is 4. The fourth-order valence-electron chi connectivity index (χ4n) is 3.99. The average molecular weight is 375 g/mol. The zero-order valence-corrected chi connectivity index (χ0v) is 15.4. The van der Waals surface area contributed by atoms with Crippen molar-refractivity contribution in [3.8, 4) is 11.5 Å². The van der Waals surface area contributed by atoms with Crippen LogP contribution < -0.4 is 14.8 Å². The van der Waals surface area contributed by atoms with Crippen molar-refractivity contribution < 1.29 is 14.3 Å². The van der Waals surface area contributed by atoms with Crippen LogP contribution in [0.25, 0.3) is 0 Å². The van der Waals surface area contributed by atoms with Gasteiger partial charge in [0.1, 0.15) is 0 Å². The Morgan fingerprint density at radius 3 is 2.57 bits per heavy atom. The standard InChI is InChI=1S/C22H21N3O3/c26-21(20(25-14-6-13-23-25)16-7-2-1-3-8-16)24-17-9-10-18-19(15-17)28-22(27-18)11-4-5-12-22/h1-3,6-10,13-15,20H,4-5,11-12H2,(H,24,26)/t20-/m1/s1. The summed E-state index contributed by atoms with van der Waals surface area (Å²) in [5.74, 6) is 0.762. The maximum atomic E-state index is 13.1. The van der Waals surface area contributed by atoms with Gasteiger partial charge in [0.05, 0.1) is 0 Å². The minimum Gasteiger partial charge on any atom is -0.448 e.